The zero-order valence-corrected chi connectivity index (χ0v) is 10.3. The number of rotatable bonds is 1. The average molecular weight is 248 g/mol. The van der Waals surface area contributed by atoms with Crippen molar-refractivity contribution in [2.24, 2.45) is 0 Å². The molecule has 2 nitrogen and oxygen atoms in total. The van der Waals surface area contributed by atoms with Crippen molar-refractivity contribution >= 4 is 24.0 Å². The largest absolute Gasteiger partial charge is 0.495 e. The summed E-state index contributed by atoms with van der Waals surface area (Å²) in [5, 5.41) is 4.08. The summed E-state index contributed by atoms with van der Waals surface area (Å²) in [4.78, 5) is 0. The van der Waals surface area contributed by atoms with Crippen LogP contribution in [0.5, 0.6) is 5.75 Å². The lowest BCUT2D eigenvalue weighted by atomic mass is 10.0. The Hall–Kier alpha value is -0.440. The Balaban J connectivity index is 0.00000112. The van der Waals surface area contributed by atoms with Crippen LogP contribution >= 0.6 is 24.0 Å². The van der Waals surface area contributed by atoms with Crippen molar-refractivity contribution in [3.63, 3.8) is 0 Å². The van der Waals surface area contributed by atoms with Gasteiger partial charge in [-0.05, 0) is 49.2 Å². The van der Waals surface area contributed by atoms with E-state index in [1.165, 1.54) is 11.1 Å². The molecule has 1 heterocycles. The first-order valence-corrected chi connectivity index (χ1v) is 5.25. The number of ether oxygens (including phenoxy) is 1. The number of halogens is 2. The Morgan fingerprint density at radius 1 is 1.20 bits per heavy atom. The molecule has 0 bridgehead atoms. The lowest BCUT2D eigenvalue weighted by molar-refractivity contribution is 0.414. The Morgan fingerprint density at radius 2 is 1.80 bits per heavy atom. The van der Waals surface area contributed by atoms with E-state index >= 15 is 0 Å². The summed E-state index contributed by atoms with van der Waals surface area (Å²) in [5.74, 6) is 0.785. The van der Waals surface area contributed by atoms with Gasteiger partial charge in [0.2, 0.25) is 0 Å². The number of hydrogen-bond donors (Lipinski definition) is 1. The summed E-state index contributed by atoms with van der Waals surface area (Å²) < 4.78 is 5.20. The predicted molar refractivity (Wildman–Crippen MR) is 65.5 cm³/mol. The third-order valence-electron chi connectivity index (χ3n) is 2.62. The van der Waals surface area contributed by atoms with E-state index in [0.29, 0.717) is 5.02 Å². The molecule has 1 aliphatic rings. The normalized spacial score (nSPS) is 14.8. The predicted octanol–water partition coefficient (Wildman–Crippen LogP) is 2.46. The standard InChI is InChI=1S/C11H14ClNO.ClH/c1-14-11-7-9-3-5-13-4-2-8(9)6-10(11)12;/h6-7,13H,2-5H2,1H3;1H. The second-order valence-corrected chi connectivity index (χ2v) is 3.91. The van der Waals surface area contributed by atoms with Crippen molar-refractivity contribution in [2.45, 2.75) is 12.8 Å². The summed E-state index contributed by atoms with van der Waals surface area (Å²) in [6.07, 6.45) is 2.11. The SMILES string of the molecule is COc1cc2c(cc1Cl)CCNCC2.Cl. The van der Waals surface area contributed by atoms with Gasteiger partial charge in [0.05, 0.1) is 12.1 Å². The van der Waals surface area contributed by atoms with Crippen LogP contribution in [0.3, 0.4) is 0 Å². The maximum atomic E-state index is 6.07. The molecule has 84 valence electrons. The second-order valence-electron chi connectivity index (χ2n) is 3.51. The van der Waals surface area contributed by atoms with Crippen LogP contribution in [0.15, 0.2) is 12.1 Å². The highest BCUT2D eigenvalue weighted by Crippen LogP contribution is 2.29. The zero-order chi connectivity index (χ0) is 9.97. The minimum absolute atomic E-state index is 0. The number of benzene rings is 1. The van der Waals surface area contributed by atoms with Gasteiger partial charge < -0.3 is 10.1 Å². The minimum atomic E-state index is 0. The first-order valence-electron chi connectivity index (χ1n) is 4.87. The molecule has 0 amide bonds. The maximum Gasteiger partial charge on any atom is 0.137 e. The molecular weight excluding hydrogens is 233 g/mol. The molecule has 0 fully saturated rings. The highest BCUT2D eigenvalue weighted by molar-refractivity contribution is 6.32. The fourth-order valence-electron chi connectivity index (χ4n) is 1.83. The van der Waals surface area contributed by atoms with Gasteiger partial charge in [-0.2, -0.15) is 0 Å². The first kappa shape index (κ1) is 12.6. The molecule has 0 radical (unpaired) electrons. The van der Waals surface area contributed by atoms with Gasteiger partial charge in [-0.1, -0.05) is 11.6 Å². The Labute approximate surface area is 101 Å². The molecule has 1 aromatic carbocycles. The lowest BCUT2D eigenvalue weighted by Gasteiger charge is -2.09. The van der Waals surface area contributed by atoms with Crippen molar-refractivity contribution in [3.05, 3.63) is 28.3 Å². The van der Waals surface area contributed by atoms with E-state index in [1.54, 1.807) is 7.11 Å². The number of nitrogens with one attached hydrogen (secondary N) is 1. The summed E-state index contributed by atoms with van der Waals surface area (Å²) in [7, 11) is 1.66. The molecule has 0 aliphatic carbocycles. The molecule has 0 saturated heterocycles. The van der Waals surface area contributed by atoms with E-state index in [2.05, 4.69) is 11.4 Å². The van der Waals surface area contributed by atoms with Gasteiger partial charge in [0.15, 0.2) is 0 Å². The van der Waals surface area contributed by atoms with Crippen LogP contribution in [0.25, 0.3) is 0 Å². The van der Waals surface area contributed by atoms with E-state index in [4.69, 9.17) is 16.3 Å². The lowest BCUT2D eigenvalue weighted by Crippen LogP contribution is -2.16. The number of fused-ring (bicyclic) bond motifs is 1. The average Bonchev–Trinajstić information content (AvgIpc) is 2.41. The Bertz CT molecular complexity index is 342. The highest BCUT2D eigenvalue weighted by Gasteiger charge is 2.11. The van der Waals surface area contributed by atoms with Gasteiger partial charge in [0.25, 0.3) is 0 Å². The van der Waals surface area contributed by atoms with Gasteiger partial charge in [0.1, 0.15) is 5.75 Å². The number of methoxy groups -OCH3 is 1. The van der Waals surface area contributed by atoms with E-state index in [-0.39, 0.29) is 12.4 Å². The van der Waals surface area contributed by atoms with Crippen molar-refractivity contribution in [1.29, 1.82) is 0 Å². The minimum Gasteiger partial charge on any atom is -0.495 e. The Kier molecular flexibility index (Phi) is 4.71. The fraction of sp³-hybridized carbons (Fsp3) is 0.455. The van der Waals surface area contributed by atoms with Crippen molar-refractivity contribution in [3.8, 4) is 5.75 Å². The van der Waals surface area contributed by atoms with E-state index in [0.717, 1.165) is 31.7 Å². The Morgan fingerprint density at radius 3 is 2.40 bits per heavy atom. The number of hydrogen-bond acceptors (Lipinski definition) is 2. The third kappa shape index (κ3) is 2.77. The third-order valence-corrected chi connectivity index (χ3v) is 2.91. The molecule has 2 rings (SSSR count). The van der Waals surface area contributed by atoms with Crippen LogP contribution in [-0.4, -0.2) is 20.2 Å². The summed E-state index contributed by atoms with van der Waals surface area (Å²) in [5.41, 5.74) is 2.71. The van der Waals surface area contributed by atoms with Gasteiger partial charge in [-0.25, -0.2) is 0 Å². The monoisotopic (exact) mass is 247 g/mol. The molecule has 0 unspecified atom stereocenters. The van der Waals surface area contributed by atoms with Crippen molar-refractivity contribution in [2.75, 3.05) is 20.2 Å². The summed E-state index contributed by atoms with van der Waals surface area (Å²) in [6, 6.07) is 4.09. The molecule has 4 heteroatoms. The van der Waals surface area contributed by atoms with Crippen LogP contribution in [0.1, 0.15) is 11.1 Å². The van der Waals surface area contributed by atoms with Crippen molar-refractivity contribution in [1.82, 2.24) is 5.32 Å². The van der Waals surface area contributed by atoms with Gasteiger partial charge in [-0.3, -0.25) is 0 Å². The van der Waals surface area contributed by atoms with Crippen LogP contribution in [-0.2, 0) is 12.8 Å². The quantitative estimate of drug-likeness (QED) is 0.824. The molecule has 0 saturated carbocycles. The fourth-order valence-corrected chi connectivity index (χ4v) is 2.09. The van der Waals surface area contributed by atoms with Crippen LogP contribution in [0.2, 0.25) is 5.02 Å². The van der Waals surface area contributed by atoms with Crippen molar-refractivity contribution < 1.29 is 4.74 Å². The molecule has 0 aromatic heterocycles. The van der Waals surface area contributed by atoms with Crippen LogP contribution in [0.4, 0.5) is 0 Å². The van der Waals surface area contributed by atoms with E-state index in [9.17, 15) is 0 Å². The zero-order valence-electron chi connectivity index (χ0n) is 8.68. The molecule has 0 atom stereocenters. The molecule has 1 aromatic rings. The summed E-state index contributed by atoms with van der Waals surface area (Å²) in [6.45, 7) is 2.08. The van der Waals surface area contributed by atoms with Gasteiger partial charge in [0, 0.05) is 0 Å². The first-order chi connectivity index (χ1) is 6.81. The van der Waals surface area contributed by atoms with Crippen LogP contribution in [0, 0.1) is 0 Å². The van der Waals surface area contributed by atoms with Gasteiger partial charge >= 0.3 is 0 Å². The molecule has 1 aliphatic heterocycles. The van der Waals surface area contributed by atoms with Gasteiger partial charge in [-0.15, -0.1) is 12.4 Å². The van der Waals surface area contributed by atoms with E-state index < -0.39 is 0 Å². The second kappa shape index (κ2) is 5.59. The van der Waals surface area contributed by atoms with E-state index in [1.807, 2.05) is 6.07 Å². The topological polar surface area (TPSA) is 21.3 Å². The molecule has 0 spiro atoms. The van der Waals surface area contributed by atoms with Crippen LogP contribution < -0.4 is 10.1 Å². The summed E-state index contributed by atoms with van der Waals surface area (Å²) >= 11 is 6.07. The molecular formula is C11H15Cl2NO. The molecule has 1 N–H and O–H groups in total. The molecule has 15 heavy (non-hydrogen) atoms. The smallest absolute Gasteiger partial charge is 0.137 e. The highest BCUT2D eigenvalue weighted by atomic mass is 35.5. The maximum absolute atomic E-state index is 6.07.